The van der Waals surface area contributed by atoms with Gasteiger partial charge < -0.3 is 15.5 Å². The maximum absolute atomic E-state index is 13.6. The van der Waals surface area contributed by atoms with Crippen LogP contribution < -0.4 is 10.6 Å². The summed E-state index contributed by atoms with van der Waals surface area (Å²) >= 11 is 1.33. The Labute approximate surface area is 165 Å². The Kier molecular flexibility index (Phi) is 8.06. The fourth-order valence-electron chi connectivity index (χ4n) is 2.44. The standard InChI is InChI=1S/C19H21F2N3O3S/c1-2-24(12-16(25)23-18-13(20)6-3-7-14(18)21)17(26)9-4-10-22-19(27)15-8-5-11-28-15/h3,5-8,11H,2,4,9-10,12H2,1H3,(H,22,27)(H,23,25). The number of anilines is 1. The van der Waals surface area contributed by atoms with Crippen molar-refractivity contribution in [2.24, 2.45) is 0 Å². The Hall–Kier alpha value is -2.81. The third-order valence-corrected chi connectivity index (χ3v) is 4.76. The first kappa shape index (κ1) is 21.5. The molecular weight excluding hydrogens is 388 g/mol. The summed E-state index contributed by atoms with van der Waals surface area (Å²) in [5.41, 5.74) is -0.535. The number of benzene rings is 1. The number of nitrogens with one attached hydrogen (secondary N) is 2. The van der Waals surface area contributed by atoms with Gasteiger partial charge in [0, 0.05) is 19.5 Å². The monoisotopic (exact) mass is 409 g/mol. The number of rotatable bonds is 9. The lowest BCUT2D eigenvalue weighted by Crippen LogP contribution is -2.38. The molecule has 1 heterocycles. The summed E-state index contributed by atoms with van der Waals surface area (Å²) in [6, 6.07) is 6.75. The molecule has 28 heavy (non-hydrogen) atoms. The maximum atomic E-state index is 13.6. The van der Waals surface area contributed by atoms with Crippen LogP contribution in [-0.4, -0.2) is 42.3 Å². The van der Waals surface area contributed by atoms with Crippen molar-refractivity contribution >= 4 is 34.7 Å². The third kappa shape index (κ3) is 6.12. The molecule has 0 unspecified atom stereocenters. The Morgan fingerprint density at radius 1 is 1.11 bits per heavy atom. The van der Waals surface area contributed by atoms with E-state index < -0.39 is 23.2 Å². The van der Waals surface area contributed by atoms with Crippen LogP contribution in [0.2, 0.25) is 0 Å². The van der Waals surface area contributed by atoms with Crippen LogP contribution in [0.25, 0.3) is 0 Å². The van der Waals surface area contributed by atoms with Gasteiger partial charge in [0.1, 0.15) is 17.3 Å². The number of hydrogen-bond acceptors (Lipinski definition) is 4. The molecule has 0 aliphatic rings. The largest absolute Gasteiger partial charge is 0.351 e. The van der Waals surface area contributed by atoms with E-state index in [2.05, 4.69) is 10.6 Å². The van der Waals surface area contributed by atoms with Gasteiger partial charge in [0.15, 0.2) is 0 Å². The fourth-order valence-corrected chi connectivity index (χ4v) is 3.08. The van der Waals surface area contributed by atoms with Crippen molar-refractivity contribution in [2.75, 3.05) is 25.0 Å². The van der Waals surface area contributed by atoms with Crippen molar-refractivity contribution in [3.63, 3.8) is 0 Å². The van der Waals surface area contributed by atoms with E-state index in [0.29, 0.717) is 17.8 Å². The first-order chi connectivity index (χ1) is 13.4. The smallest absolute Gasteiger partial charge is 0.261 e. The molecular formula is C19H21F2N3O3S. The van der Waals surface area contributed by atoms with Gasteiger partial charge in [-0.15, -0.1) is 11.3 Å². The second kappa shape index (κ2) is 10.5. The summed E-state index contributed by atoms with van der Waals surface area (Å²) in [5.74, 6) is -2.93. The molecule has 0 atom stereocenters. The van der Waals surface area contributed by atoms with Crippen LogP contribution in [0, 0.1) is 11.6 Å². The number of carbonyl (C=O) groups excluding carboxylic acids is 3. The number of thiophene rings is 1. The Morgan fingerprint density at radius 3 is 2.43 bits per heavy atom. The number of para-hydroxylation sites is 1. The topological polar surface area (TPSA) is 78.5 Å². The van der Waals surface area contributed by atoms with E-state index >= 15 is 0 Å². The number of halogens is 2. The summed E-state index contributed by atoms with van der Waals surface area (Å²) in [6.45, 7) is 1.98. The zero-order valence-corrected chi connectivity index (χ0v) is 16.2. The van der Waals surface area contributed by atoms with Crippen LogP contribution in [0.15, 0.2) is 35.7 Å². The Morgan fingerprint density at radius 2 is 1.82 bits per heavy atom. The quantitative estimate of drug-likeness (QED) is 0.625. The minimum atomic E-state index is -0.885. The number of likely N-dealkylation sites (N-methyl/N-ethyl adjacent to an activating group) is 1. The van der Waals surface area contributed by atoms with Gasteiger partial charge in [-0.3, -0.25) is 14.4 Å². The summed E-state index contributed by atoms with van der Waals surface area (Å²) < 4.78 is 27.2. The molecule has 0 radical (unpaired) electrons. The highest BCUT2D eigenvalue weighted by atomic mass is 32.1. The van der Waals surface area contributed by atoms with E-state index in [4.69, 9.17) is 0 Å². The van der Waals surface area contributed by atoms with Crippen LogP contribution in [0.4, 0.5) is 14.5 Å². The summed E-state index contributed by atoms with van der Waals surface area (Å²) in [4.78, 5) is 38.0. The van der Waals surface area contributed by atoms with Crippen molar-refractivity contribution in [1.29, 1.82) is 0 Å². The predicted octanol–water partition coefficient (Wildman–Crippen LogP) is 3.02. The van der Waals surface area contributed by atoms with Gasteiger partial charge in [-0.25, -0.2) is 8.78 Å². The molecule has 3 amide bonds. The zero-order chi connectivity index (χ0) is 20.5. The summed E-state index contributed by atoms with van der Waals surface area (Å²) in [6.07, 6.45) is 0.551. The van der Waals surface area contributed by atoms with Crippen LogP contribution in [0.5, 0.6) is 0 Å². The molecule has 9 heteroatoms. The molecule has 1 aromatic heterocycles. The molecule has 0 fully saturated rings. The van der Waals surface area contributed by atoms with Crippen molar-refractivity contribution < 1.29 is 23.2 Å². The number of amides is 3. The van der Waals surface area contributed by atoms with E-state index in [-0.39, 0.29) is 31.3 Å². The Bertz CT molecular complexity index is 808. The molecule has 0 saturated carbocycles. The average Bonchev–Trinajstić information content (AvgIpc) is 3.21. The molecule has 2 aromatic rings. The van der Waals surface area contributed by atoms with Crippen LogP contribution >= 0.6 is 11.3 Å². The molecule has 2 N–H and O–H groups in total. The van der Waals surface area contributed by atoms with Gasteiger partial charge in [0.05, 0.1) is 11.4 Å². The molecule has 0 bridgehead atoms. The predicted molar refractivity (Wildman–Crippen MR) is 103 cm³/mol. The van der Waals surface area contributed by atoms with Gasteiger partial charge in [-0.2, -0.15) is 0 Å². The Balaban J connectivity index is 1.77. The lowest BCUT2D eigenvalue weighted by atomic mass is 10.2. The number of carbonyl (C=O) groups is 3. The van der Waals surface area contributed by atoms with E-state index in [1.54, 1.807) is 24.4 Å². The van der Waals surface area contributed by atoms with Crippen molar-refractivity contribution in [3.8, 4) is 0 Å². The second-order valence-electron chi connectivity index (χ2n) is 5.89. The molecule has 6 nitrogen and oxygen atoms in total. The highest BCUT2D eigenvalue weighted by Crippen LogP contribution is 2.17. The first-order valence-electron chi connectivity index (χ1n) is 8.75. The van der Waals surface area contributed by atoms with E-state index in [1.807, 2.05) is 0 Å². The van der Waals surface area contributed by atoms with E-state index in [1.165, 1.54) is 22.3 Å². The molecule has 2 rings (SSSR count). The number of hydrogen-bond donors (Lipinski definition) is 2. The van der Waals surface area contributed by atoms with Crippen LogP contribution in [-0.2, 0) is 9.59 Å². The lowest BCUT2D eigenvalue weighted by Gasteiger charge is -2.20. The average molecular weight is 409 g/mol. The van der Waals surface area contributed by atoms with Gasteiger partial charge in [-0.05, 0) is 36.9 Å². The van der Waals surface area contributed by atoms with E-state index in [0.717, 1.165) is 12.1 Å². The van der Waals surface area contributed by atoms with Gasteiger partial charge >= 0.3 is 0 Å². The lowest BCUT2D eigenvalue weighted by molar-refractivity contribution is -0.134. The summed E-state index contributed by atoms with van der Waals surface area (Å²) in [7, 11) is 0. The molecule has 0 aliphatic heterocycles. The summed E-state index contributed by atoms with van der Waals surface area (Å²) in [5, 5.41) is 6.68. The SMILES string of the molecule is CCN(CC(=O)Nc1c(F)cccc1F)C(=O)CCCNC(=O)c1cccs1. The number of nitrogens with zero attached hydrogens (tertiary/aromatic N) is 1. The molecule has 0 aliphatic carbocycles. The van der Waals surface area contributed by atoms with Gasteiger partial charge in [0.2, 0.25) is 11.8 Å². The molecule has 0 saturated heterocycles. The third-order valence-electron chi connectivity index (χ3n) is 3.89. The first-order valence-corrected chi connectivity index (χ1v) is 9.63. The van der Waals surface area contributed by atoms with Crippen molar-refractivity contribution in [1.82, 2.24) is 10.2 Å². The van der Waals surface area contributed by atoms with Gasteiger partial charge in [-0.1, -0.05) is 12.1 Å². The second-order valence-corrected chi connectivity index (χ2v) is 6.84. The normalized spacial score (nSPS) is 10.4. The zero-order valence-electron chi connectivity index (χ0n) is 15.3. The van der Waals surface area contributed by atoms with Crippen molar-refractivity contribution in [2.45, 2.75) is 19.8 Å². The van der Waals surface area contributed by atoms with Crippen LogP contribution in [0.3, 0.4) is 0 Å². The molecule has 0 spiro atoms. The fraction of sp³-hybridized carbons (Fsp3) is 0.316. The molecule has 1 aromatic carbocycles. The highest BCUT2D eigenvalue weighted by molar-refractivity contribution is 7.12. The highest BCUT2D eigenvalue weighted by Gasteiger charge is 2.18. The maximum Gasteiger partial charge on any atom is 0.261 e. The minimum Gasteiger partial charge on any atom is -0.351 e. The van der Waals surface area contributed by atoms with Gasteiger partial charge in [0.25, 0.3) is 5.91 Å². The molecule has 150 valence electrons. The van der Waals surface area contributed by atoms with Crippen LogP contribution in [0.1, 0.15) is 29.4 Å². The van der Waals surface area contributed by atoms with Crippen molar-refractivity contribution in [3.05, 3.63) is 52.2 Å². The van der Waals surface area contributed by atoms with E-state index in [9.17, 15) is 23.2 Å². The minimum absolute atomic E-state index is 0.139.